The number of hydrogen-bond donors (Lipinski definition) is 0. The van der Waals surface area contributed by atoms with Gasteiger partial charge in [0, 0.05) is 29.6 Å². The summed E-state index contributed by atoms with van der Waals surface area (Å²) in [6.07, 6.45) is 2.72. The maximum Gasteiger partial charge on any atom is 0.338 e. The van der Waals surface area contributed by atoms with Crippen molar-refractivity contribution in [2.24, 2.45) is 0 Å². The zero-order chi connectivity index (χ0) is 21.5. The van der Waals surface area contributed by atoms with E-state index >= 15 is 0 Å². The molecule has 1 heterocycles. The van der Waals surface area contributed by atoms with Gasteiger partial charge in [-0.05, 0) is 48.9 Å². The summed E-state index contributed by atoms with van der Waals surface area (Å²) >= 11 is 0. The van der Waals surface area contributed by atoms with Crippen molar-refractivity contribution in [3.05, 3.63) is 120 Å². The SMILES string of the molecule is CCOC(=O)c1cccc(-n2cccc2Cc2ccccc2OCc2ccccc2)c1. The Morgan fingerprint density at radius 2 is 1.68 bits per heavy atom. The molecule has 156 valence electrons. The van der Waals surface area contributed by atoms with Crippen LogP contribution in [0.4, 0.5) is 0 Å². The largest absolute Gasteiger partial charge is 0.489 e. The van der Waals surface area contributed by atoms with Gasteiger partial charge < -0.3 is 14.0 Å². The van der Waals surface area contributed by atoms with Crippen LogP contribution < -0.4 is 4.74 Å². The van der Waals surface area contributed by atoms with Gasteiger partial charge in [-0.3, -0.25) is 0 Å². The molecule has 0 unspecified atom stereocenters. The van der Waals surface area contributed by atoms with Crippen molar-refractivity contribution in [2.75, 3.05) is 6.61 Å². The summed E-state index contributed by atoms with van der Waals surface area (Å²) in [4.78, 5) is 12.1. The molecule has 0 atom stereocenters. The quantitative estimate of drug-likeness (QED) is 0.343. The summed E-state index contributed by atoms with van der Waals surface area (Å²) in [6.45, 7) is 2.70. The molecule has 0 fully saturated rings. The first kappa shape index (κ1) is 20.5. The van der Waals surface area contributed by atoms with Gasteiger partial charge in [-0.2, -0.15) is 0 Å². The van der Waals surface area contributed by atoms with Gasteiger partial charge >= 0.3 is 5.97 Å². The number of nitrogens with zero attached hydrogens (tertiary/aromatic N) is 1. The Labute approximate surface area is 182 Å². The highest BCUT2D eigenvalue weighted by Gasteiger charge is 2.11. The summed E-state index contributed by atoms with van der Waals surface area (Å²) < 4.78 is 13.4. The number of carbonyl (C=O) groups is 1. The number of benzene rings is 3. The standard InChI is InChI=1S/C27H25NO3/c1-2-30-27(29)23-13-8-14-24(19-23)28-17-9-15-25(28)18-22-12-6-7-16-26(22)31-20-21-10-4-3-5-11-21/h3-17,19H,2,18,20H2,1H3. The molecule has 1 aromatic heterocycles. The molecule has 3 aromatic carbocycles. The predicted molar refractivity (Wildman–Crippen MR) is 122 cm³/mol. The van der Waals surface area contributed by atoms with Gasteiger partial charge in [-0.25, -0.2) is 4.79 Å². The van der Waals surface area contributed by atoms with E-state index in [1.165, 1.54) is 0 Å². The van der Waals surface area contributed by atoms with Crippen LogP contribution >= 0.6 is 0 Å². The predicted octanol–water partition coefficient (Wildman–Crippen LogP) is 5.82. The second kappa shape index (κ2) is 9.81. The molecule has 0 amide bonds. The fourth-order valence-electron chi connectivity index (χ4n) is 3.53. The van der Waals surface area contributed by atoms with Gasteiger partial charge in [0.25, 0.3) is 0 Å². The Balaban J connectivity index is 1.56. The second-order valence-electron chi connectivity index (χ2n) is 7.20. The molecule has 0 saturated carbocycles. The minimum Gasteiger partial charge on any atom is -0.489 e. The number of para-hydroxylation sites is 1. The normalized spacial score (nSPS) is 10.6. The molecular formula is C27H25NO3. The van der Waals surface area contributed by atoms with Crippen LogP contribution in [0.3, 0.4) is 0 Å². The van der Waals surface area contributed by atoms with Crippen molar-refractivity contribution >= 4 is 5.97 Å². The Morgan fingerprint density at radius 1 is 0.871 bits per heavy atom. The molecule has 0 saturated heterocycles. The molecular weight excluding hydrogens is 386 g/mol. The molecule has 0 bridgehead atoms. The molecule has 0 N–H and O–H groups in total. The number of rotatable bonds is 8. The highest BCUT2D eigenvalue weighted by molar-refractivity contribution is 5.90. The number of carbonyl (C=O) groups excluding carboxylic acids is 1. The van der Waals surface area contributed by atoms with E-state index in [9.17, 15) is 4.79 Å². The third kappa shape index (κ3) is 5.04. The molecule has 4 nitrogen and oxygen atoms in total. The Morgan fingerprint density at radius 3 is 2.52 bits per heavy atom. The second-order valence-corrected chi connectivity index (χ2v) is 7.20. The lowest BCUT2D eigenvalue weighted by Crippen LogP contribution is -2.07. The average molecular weight is 412 g/mol. The van der Waals surface area contributed by atoms with Crippen LogP contribution in [0.2, 0.25) is 0 Å². The molecule has 0 radical (unpaired) electrons. The van der Waals surface area contributed by atoms with E-state index in [4.69, 9.17) is 9.47 Å². The van der Waals surface area contributed by atoms with Gasteiger partial charge in [-0.1, -0.05) is 54.6 Å². The Bertz CT molecular complexity index is 1150. The number of hydrogen-bond acceptors (Lipinski definition) is 3. The molecule has 4 aromatic rings. The zero-order valence-electron chi connectivity index (χ0n) is 17.5. The first-order valence-electron chi connectivity index (χ1n) is 10.4. The lowest BCUT2D eigenvalue weighted by Gasteiger charge is -2.14. The zero-order valence-corrected chi connectivity index (χ0v) is 17.5. The summed E-state index contributed by atoms with van der Waals surface area (Å²) in [7, 11) is 0. The van der Waals surface area contributed by atoms with Crippen molar-refractivity contribution in [2.45, 2.75) is 20.0 Å². The highest BCUT2D eigenvalue weighted by Crippen LogP contribution is 2.24. The van der Waals surface area contributed by atoms with E-state index < -0.39 is 0 Å². The van der Waals surface area contributed by atoms with Crippen LogP contribution in [0.15, 0.2) is 97.2 Å². The minimum atomic E-state index is -0.308. The van der Waals surface area contributed by atoms with Crippen molar-refractivity contribution in [1.29, 1.82) is 0 Å². The van der Waals surface area contributed by atoms with Crippen molar-refractivity contribution < 1.29 is 14.3 Å². The van der Waals surface area contributed by atoms with Crippen LogP contribution in [0.25, 0.3) is 5.69 Å². The molecule has 0 aliphatic heterocycles. The monoisotopic (exact) mass is 411 g/mol. The first-order valence-corrected chi connectivity index (χ1v) is 10.4. The Hall–Kier alpha value is -3.79. The molecule has 0 aliphatic carbocycles. The maximum atomic E-state index is 12.1. The van der Waals surface area contributed by atoms with Crippen molar-refractivity contribution in [3.8, 4) is 11.4 Å². The summed E-state index contributed by atoms with van der Waals surface area (Å²) in [5.74, 6) is 0.567. The van der Waals surface area contributed by atoms with Crippen LogP contribution in [0.1, 0.15) is 34.1 Å². The van der Waals surface area contributed by atoms with Crippen LogP contribution in [0, 0.1) is 0 Å². The van der Waals surface area contributed by atoms with E-state index in [0.717, 1.165) is 28.3 Å². The number of esters is 1. The number of aromatic nitrogens is 1. The smallest absolute Gasteiger partial charge is 0.338 e. The van der Waals surface area contributed by atoms with Gasteiger partial charge in [0.05, 0.1) is 12.2 Å². The first-order chi connectivity index (χ1) is 15.2. The van der Waals surface area contributed by atoms with Crippen LogP contribution in [-0.2, 0) is 17.8 Å². The van der Waals surface area contributed by atoms with E-state index in [-0.39, 0.29) is 5.97 Å². The van der Waals surface area contributed by atoms with Gasteiger partial charge in [0.15, 0.2) is 0 Å². The molecule has 0 aliphatic rings. The van der Waals surface area contributed by atoms with Crippen molar-refractivity contribution in [3.63, 3.8) is 0 Å². The minimum absolute atomic E-state index is 0.308. The summed E-state index contributed by atoms with van der Waals surface area (Å²) in [5, 5.41) is 0. The fourth-order valence-corrected chi connectivity index (χ4v) is 3.53. The van der Waals surface area contributed by atoms with Gasteiger partial charge in [-0.15, -0.1) is 0 Å². The maximum absolute atomic E-state index is 12.1. The average Bonchev–Trinajstić information content (AvgIpc) is 3.28. The van der Waals surface area contributed by atoms with Crippen molar-refractivity contribution in [1.82, 2.24) is 4.57 Å². The topological polar surface area (TPSA) is 40.5 Å². The lowest BCUT2D eigenvalue weighted by molar-refractivity contribution is 0.0526. The van der Waals surface area contributed by atoms with Crippen LogP contribution in [-0.4, -0.2) is 17.1 Å². The van der Waals surface area contributed by atoms with Gasteiger partial charge in [0.1, 0.15) is 12.4 Å². The summed E-state index contributed by atoms with van der Waals surface area (Å²) in [5.41, 5.74) is 4.83. The molecule has 31 heavy (non-hydrogen) atoms. The third-order valence-corrected chi connectivity index (χ3v) is 5.05. The molecule has 4 heteroatoms. The van der Waals surface area contributed by atoms with Crippen LogP contribution in [0.5, 0.6) is 5.75 Å². The summed E-state index contributed by atoms with van der Waals surface area (Å²) in [6, 6.07) is 29.9. The molecule has 4 rings (SSSR count). The fraction of sp³-hybridized carbons (Fsp3) is 0.148. The van der Waals surface area contributed by atoms with E-state index in [1.807, 2.05) is 73.8 Å². The van der Waals surface area contributed by atoms with Gasteiger partial charge in [0.2, 0.25) is 0 Å². The highest BCUT2D eigenvalue weighted by atomic mass is 16.5. The van der Waals surface area contributed by atoms with E-state index in [1.54, 1.807) is 6.07 Å². The Kier molecular flexibility index (Phi) is 6.48. The third-order valence-electron chi connectivity index (χ3n) is 5.05. The number of ether oxygens (including phenoxy) is 2. The van der Waals surface area contributed by atoms with E-state index in [2.05, 4.69) is 28.8 Å². The molecule has 0 spiro atoms. The van der Waals surface area contributed by atoms with E-state index in [0.29, 0.717) is 25.2 Å². The lowest BCUT2D eigenvalue weighted by atomic mass is 10.1.